The van der Waals surface area contributed by atoms with Crippen LogP contribution in [0.5, 0.6) is 0 Å². The molecule has 2 aromatic rings. The van der Waals surface area contributed by atoms with Gasteiger partial charge in [0, 0.05) is 104 Å². The van der Waals surface area contributed by atoms with E-state index in [4.69, 9.17) is 5.11 Å². The van der Waals surface area contributed by atoms with Crippen LogP contribution in [0.2, 0.25) is 0 Å². The molecule has 0 aliphatic carbocycles. The standard InChI is InChI=1S/C8H10N4O.3Y/c1-5-7(4-13)3-8-10-9-6(2)12(8)11-5;;;/h3,13H,4H2,1-2H3;;;. The smallest absolute Gasteiger partial charge is 0.178 e. The van der Waals surface area contributed by atoms with Gasteiger partial charge in [0.2, 0.25) is 0 Å². The molecule has 77 valence electrons. The molecule has 0 spiro atoms. The number of rotatable bonds is 1. The number of aliphatic hydroxyl groups excluding tert-OH is 1. The Kier molecular flexibility index (Phi) is 11.1. The molecule has 0 saturated carbocycles. The van der Waals surface area contributed by atoms with E-state index in [1.165, 1.54) is 0 Å². The summed E-state index contributed by atoms with van der Waals surface area (Å²) >= 11 is 0. The van der Waals surface area contributed by atoms with Crippen LogP contribution in [0.3, 0.4) is 0 Å². The van der Waals surface area contributed by atoms with E-state index in [1.807, 2.05) is 13.8 Å². The van der Waals surface area contributed by atoms with Crippen LogP contribution < -0.4 is 0 Å². The maximum absolute atomic E-state index is 8.99. The van der Waals surface area contributed by atoms with E-state index < -0.39 is 0 Å². The van der Waals surface area contributed by atoms with E-state index in [0.717, 1.165) is 17.1 Å². The summed E-state index contributed by atoms with van der Waals surface area (Å²) in [6.07, 6.45) is 0. The molecule has 2 aromatic heterocycles. The average Bonchev–Trinajstić information content (AvgIpc) is 2.47. The van der Waals surface area contributed by atoms with Crippen molar-refractivity contribution in [1.29, 1.82) is 0 Å². The third-order valence-electron chi connectivity index (χ3n) is 2.01. The third kappa shape index (κ3) is 4.18. The van der Waals surface area contributed by atoms with Crippen molar-refractivity contribution in [3.8, 4) is 0 Å². The molecule has 5 nitrogen and oxygen atoms in total. The number of aromatic nitrogens is 4. The molecule has 0 saturated heterocycles. The molecule has 0 atom stereocenters. The molecule has 0 aliphatic rings. The first-order valence-electron chi connectivity index (χ1n) is 4.02. The van der Waals surface area contributed by atoms with Gasteiger partial charge < -0.3 is 5.11 Å². The minimum atomic E-state index is -0.0127. The fourth-order valence-corrected chi connectivity index (χ4v) is 1.22. The number of aliphatic hydroxyl groups is 1. The van der Waals surface area contributed by atoms with Gasteiger partial charge >= 0.3 is 0 Å². The van der Waals surface area contributed by atoms with Crippen molar-refractivity contribution in [2.75, 3.05) is 0 Å². The fourth-order valence-electron chi connectivity index (χ4n) is 1.22. The summed E-state index contributed by atoms with van der Waals surface area (Å²) in [6, 6.07) is 1.79. The van der Waals surface area contributed by atoms with Crippen molar-refractivity contribution in [2.45, 2.75) is 20.5 Å². The van der Waals surface area contributed by atoms with Gasteiger partial charge in [-0.15, -0.1) is 10.2 Å². The fraction of sp³-hybridized carbons (Fsp3) is 0.375. The van der Waals surface area contributed by atoms with Crippen LogP contribution in [-0.2, 0) is 105 Å². The second kappa shape index (κ2) is 8.84. The number of hydrogen-bond acceptors (Lipinski definition) is 4. The zero-order valence-electron chi connectivity index (χ0n) is 9.25. The minimum Gasteiger partial charge on any atom is -0.392 e. The Morgan fingerprint density at radius 1 is 1.19 bits per heavy atom. The van der Waals surface area contributed by atoms with Gasteiger partial charge in [-0.25, -0.2) is 0 Å². The van der Waals surface area contributed by atoms with Crippen molar-refractivity contribution < 1.29 is 103 Å². The Balaban J connectivity index is 0. The first-order chi connectivity index (χ1) is 6.22. The van der Waals surface area contributed by atoms with Gasteiger partial charge in [-0.3, -0.25) is 0 Å². The topological polar surface area (TPSA) is 63.3 Å². The molecule has 8 heteroatoms. The summed E-state index contributed by atoms with van der Waals surface area (Å²) in [5.41, 5.74) is 2.27. The number of nitrogens with zero attached hydrogens (tertiary/aromatic N) is 4. The molecule has 0 fully saturated rings. The molecule has 0 amide bonds. The summed E-state index contributed by atoms with van der Waals surface area (Å²) in [7, 11) is 0. The van der Waals surface area contributed by atoms with Crippen molar-refractivity contribution in [1.82, 2.24) is 19.8 Å². The quantitative estimate of drug-likeness (QED) is 0.684. The van der Waals surface area contributed by atoms with Crippen LogP contribution in [0.4, 0.5) is 0 Å². The van der Waals surface area contributed by atoms with E-state index in [9.17, 15) is 0 Å². The number of fused-ring (bicyclic) bond motifs is 1. The first-order valence-corrected chi connectivity index (χ1v) is 4.02. The van der Waals surface area contributed by atoms with Crippen molar-refractivity contribution in [3.05, 3.63) is 23.1 Å². The van der Waals surface area contributed by atoms with Crippen molar-refractivity contribution in [2.24, 2.45) is 0 Å². The van der Waals surface area contributed by atoms with E-state index in [-0.39, 0.29) is 105 Å². The van der Waals surface area contributed by atoms with Gasteiger partial charge in [-0.05, 0) is 19.9 Å². The second-order valence-electron chi connectivity index (χ2n) is 2.93. The molecule has 0 aliphatic heterocycles. The number of aryl methyl sites for hydroxylation is 2. The molecule has 16 heavy (non-hydrogen) atoms. The summed E-state index contributed by atoms with van der Waals surface area (Å²) < 4.78 is 1.66. The first kappa shape index (κ1) is 20.1. The molecule has 0 aromatic carbocycles. The molecule has 2 heterocycles. The largest absolute Gasteiger partial charge is 0.392 e. The SMILES string of the molecule is Cc1nn2c(C)nnc2cc1CO.[Y].[Y].[Y]. The predicted molar refractivity (Wildman–Crippen MR) is 46.2 cm³/mol. The molecular weight excluding hydrogens is 435 g/mol. The van der Waals surface area contributed by atoms with Crippen LogP contribution in [-0.4, -0.2) is 24.9 Å². The van der Waals surface area contributed by atoms with E-state index >= 15 is 0 Å². The molecule has 1 N–H and O–H groups in total. The summed E-state index contributed by atoms with van der Waals surface area (Å²) in [4.78, 5) is 0. The van der Waals surface area contributed by atoms with E-state index in [0.29, 0.717) is 5.65 Å². The Hall–Kier alpha value is 1.82. The van der Waals surface area contributed by atoms with Gasteiger partial charge in [0.05, 0.1) is 12.3 Å². The monoisotopic (exact) mass is 445 g/mol. The minimum absolute atomic E-state index is 0. The van der Waals surface area contributed by atoms with Crippen LogP contribution in [0, 0.1) is 13.8 Å². The van der Waals surface area contributed by atoms with Crippen LogP contribution in [0.15, 0.2) is 6.07 Å². The third-order valence-corrected chi connectivity index (χ3v) is 2.01. The van der Waals surface area contributed by atoms with Gasteiger partial charge in [-0.2, -0.15) is 9.61 Å². The molecule has 3 radical (unpaired) electrons. The van der Waals surface area contributed by atoms with Gasteiger partial charge in [0.25, 0.3) is 0 Å². The van der Waals surface area contributed by atoms with Crippen LogP contribution in [0.1, 0.15) is 17.1 Å². The molecule has 2 rings (SSSR count). The summed E-state index contributed by atoms with van der Waals surface area (Å²) in [5.74, 6) is 0.752. The average molecular weight is 445 g/mol. The van der Waals surface area contributed by atoms with Crippen LogP contribution in [0.25, 0.3) is 5.65 Å². The molecule has 0 bridgehead atoms. The van der Waals surface area contributed by atoms with E-state index in [1.54, 1.807) is 10.6 Å². The molecular formula is C8H10N4OY3. The maximum atomic E-state index is 8.99. The van der Waals surface area contributed by atoms with Crippen LogP contribution >= 0.6 is 0 Å². The summed E-state index contributed by atoms with van der Waals surface area (Å²) in [5, 5.41) is 21.0. The zero-order valence-corrected chi connectivity index (χ0v) is 17.8. The predicted octanol–water partition coefficient (Wildman–Crippen LogP) is 0.226. The zero-order chi connectivity index (χ0) is 9.42. The number of hydrogen-bond donors (Lipinski definition) is 1. The normalized spacial score (nSPS) is 8.94. The Morgan fingerprint density at radius 3 is 2.38 bits per heavy atom. The Morgan fingerprint density at radius 2 is 1.81 bits per heavy atom. The van der Waals surface area contributed by atoms with Crippen molar-refractivity contribution in [3.63, 3.8) is 0 Å². The second-order valence-corrected chi connectivity index (χ2v) is 2.93. The maximum Gasteiger partial charge on any atom is 0.178 e. The van der Waals surface area contributed by atoms with Gasteiger partial charge in [-0.1, -0.05) is 0 Å². The molecule has 0 unspecified atom stereocenters. The van der Waals surface area contributed by atoms with Gasteiger partial charge in [0.1, 0.15) is 0 Å². The Bertz CT molecular complexity index is 460. The van der Waals surface area contributed by atoms with Crippen molar-refractivity contribution >= 4 is 5.65 Å². The van der Waals surface area contributed by atoms with Gasteiger partial charge in [0.15, 0.2) is 11.5 Å². The summed E-state index contributed by atoms with van der Waals surface area (Å²) in [6.45, 7) is 3.68. The Labute approximate surface area is 169 Å². The van der Waals surface area contributed by atoms with E-state index in [2.05, 4.69) is 15.3 Å².